The van der Waals surface area contributed by atoms with Gasteiger partial charge in [0.2, 0.25) is 5.91 Å². The molecule has 0 radical (unpaired) electrons. The number of pyridine rings is 1. The Kier molecular flexibility index (Phi) is 7.33. The fourth-order valence-corrected chi connectivity index (χ4v) is 3.95. The summed E-state index contributed by atoms with van der Waals surface area (Å²) in [5.74, 6) is -0.0597. The molecule has 3 rings (SSSR count). The van der Waals surface area contributed by atoms with Crippen LogP contribution in [-0.4, -0.2) is 23.2 Å². The van der Waals surface area contributed by atoms with Crippen LogP contribution in [0.3, 0.4) is 0 Å². The number of aromatic nitrogens is 1. The minimum Gasteiger partial charge on any atom is -0.353 e. The molecule has 0 bridgehead atoms. The van der Waals surface area contributed by atoms with E-state index in [0.29, 0.717) is 11.6 Å². The number of nitrogens with zero attached hydrogens (tertiary/aromatic N) is 1. The first-order chi connectivity index (χ1) is 14.0. The normalized spacial score (nSPS) is 11.0. The Bertz CT molecular complexity index is 1030. The number of halogens is 1. The van der Waals surface area contributed by atoms with Gasteiger partial charge < -0.3 is 5.32 Å². The molecule has 4 nitrogen and oxygen atoms in total. The summed E-state index contributed by atoms with van der Waals surface area (Å²) >= 11 is 7.91. The summed E-state index contributed by atoms with van der Waals surface area (Å²) in [5.41, 5.74) is 2.93. The minimum absolute atomic E-state index is 0.0706. The summed E-state index contributed by atoms with van der Waals surface area (Å²) in [5, 5.41) is 3.57. The van der Waals surface area contributed by atoms with Crippen LogP contribution in [0.4, 0.5) is 0 Å². The molecule has 1 aromatic carbocycles. The van der Waals surface area contributed by atoms with Gasteiger partial charge in [-0.1, -0.05) is 29.8 Å². The lowest BCUT2D eigenvalue weighted by molar-refractivity contribution is -0.116. The number of amides is 1. The van der Waals surface area contributed by atoms with E-state index in [1.807, 2.05) is 42.5 Å². The van der Waals surface area contributed by atoms with Gasteiger partial charge >= 0.3 is 0 Å². The van der Waals surface area contributed by atoms with Gasteiger partial charge in [-0.25, -0.2) is 0 Å². The maximum absolute atomic E-state index is 11.9. The lowest BCUT2D eigenvalue weighted by Gasteiger charge is -2.07. The van der Waals surface area contributed by atoms with Gasteiger partial charge in [-0.15, -0.1) is 11.3 Å². The van der Waals surface area contributed by atoms with E-state index in [9.17, 15) is 9.59 Å². The lowest BCUT2D eigenvalue weighted by atomic mass is 10.1. The molecule has 2 aromatic heterocycles. The molecule has 1 N–H and O–H groups in total. The number of benzene rings is 1. The highest BCUT2D eigenvalue weighted by Gasteiger charge is 2.08. The van der Waals surface area contributed by atoms with Crippen LogP contribution in [-0.2, 0) is 11.2 Å². The van der Waals surface area contributed by atoms with Crippen molar-refractivity contribution in [3.63, 3.8) is 0 Å². The largest absolute Gasteiger partial charge is 0.353 e. The van der Waals surface area contributed by atoms with Crippen LogP contribution in [0.25, 0.3) is 16.5 Å². The average molecular weight is 425 g/mol. The SMILES string of the molecule is CC(=O)c1ccc(-c2ccc(CCCNC(=O)/C=C/c3cccnc3)c(Cl)c2)s1. The van der Waals surface area contributed by atoms with E-state index in [4.69, 9.17) is 11.6 Å². The Hall–Kier alpha value is -2.76. The fourth-order valence-electron chi connectivity index (χ4n) is 2.78. The van der Waals surface area contributed by atoms with Crippen LogP contribution in [0.2, 0.25) is 5.02 Å². The number of rotatable bonds is 8. The molecule has 0 fully saturated rings. The molecule has 0 saturated heterocycles. The topological polar surface area (TPSA) is 59.1 Å². The van der Waals surface area contributed by atoms with Crippen LogP contribution >= 0.6 is 22.9 Å². The Morgan fingerprint density at radius 3 is 2.76 bits per heavy atom. The Morgan fingerprint density at radius 1 is 1.21 bits per heavy atom. The van der Waals surface area contributed by atoms with E-state index >= 15 is 0 Å². The maximum atomic E-state index is 11.9. The van der Waals surface area contributed by atoms with Gasteiger partial charge in [0, 0.05) is 34.9 Å². The molecule has 29 heavy (non-hydrogen) atoms. The van der Waals surface area contributed by atoms with Gasteiger partial charge in [-0.05, 0) is 66.8 Å². The third-order valence-corrected chi connectivity index (χ3v) is 5.91. The molecule has 0 saturated carbocycles. The molecule has 0 aliphatic rings. The van der Waals surface area contributed by atoms with Crippen molar-refractivity contribution in [2.45, 2.75) is 19.8 Å². The van der Waals surface area contributed by atoms with Crippen molar-refractivity contribution in [3.8, 4) is 10.4 Å². The molecule has 6 heteroatoms. The molecule has 0 unspecified atom stereocenters. The monoisotopic (exact) mass is 424 g/mol. The highest BCUT2D eigenvalue weighted by atomic mass is 35.5. The summed E-state index contributed by atoms with van der Waals surface area (Å²) in [6.45, 7) is 2.14. The number of carbonyl (C=O) groups is 2. The van der Waals surface area contributed by atoms with Gasteiger partial charge in [0.15, 0.2) is 5.78 Å². The predicted octanol–water partition coefficient (Wildman–Crippen LogP) is 5.43. The fraction of sp³-hybridized carbons (Fsp3) is 0.174. The van der Waals surface area contributed by atoms with E-state index in [-0.39, 0.29) is 11.7 Å². The Labute approximate surface area is 179 Å². The summed E-state index contributed by atoms with van der Waals surface area (Å²) in [6, 6.07) is 13.5. The van der Waals surface area contributed by atoms with E-state index < -0.39 is 0 Å². The second kappa shape index (κ2) is 10.1. The maximum Gasteiger partial charge on any atom is 0.244 e. The number of Topliss-reactive ketones (excluding diaryl/α,β-unsaturated/α-hetero) is 1. The van der Waals surface area contributed by atoms with Crippen molar-refractivity contribution in [1.29, 1.82) is 0 Å². The van der Waals surface area contributed by atoms with Crippen LogP contribution < -0.4 is 5.32 Å². The molecule has 0 atom stereocenters. The number of thiophene rings is 1. The number of carbonyl (C=O) groups excluding carboxylic acids is 2. The third-order valence-electron chi connectivity index (χ3n) is 4.32. The molecule has 1 amide bonds. The van der Waals surface area contributed by atoms with Gasteiger partial charge in [0.1, 0.15) is 0 Å². The van der Waals surface area contributed by atoms with E-state index in [2.05, 4.69) is 10.3 Å². The first kappa shape index (κ1) is 21.0. The highest BCUT2D eigenvalue weighted by Crippen LogP contribution is 2.31. The molecule has 0 spiro atoms. The Morgan fingerprint density at radius 2 is 2.07 bits per heavy atom. The second-order valence-corrected chi connectivity index (χ2v) is 8.03. The molecular weight excluding hydrogens is 404 g/mol. The average Bonchev–Trinajstić information content (AvgIpc) is 3.22. The minimum atomic E-state index is -0.130. The first-order valence-electron chi connectivity index (χ1n) is 9.28. The molecule has 3 aromatic rings. The zero-order chi connectivity index (χ0) is 20.6. The molecule has 0 aliphatic carbocycles. The van der Waals surface area contributed by atoms with Gasteiger partial charge in [-0.3, -0.25) is 14.6 Å². The number of nitrogens with one attached hydrogen (secondary N) is 1. The number of aryl methyl sites for hydroxylation is 1. The second-order valence-electron chi connectivity index (χ2n) is 6.54. The van der Waals surface area contributed by atoms with Crippen molar-refractivity contribution in [3.05, 3.63) is 82.0 Å². The zero-order valence-corrected chi connectivity index (χ0v) is 17.6. The number of ketones is 1. The number of hydrogen-bond donors (Lipinski definition) is 1. The molecular formula is C23H21ClN2O2S. The number of hydrogen-bond acceptors (Lipinski definition) is 4. The summed E-state index contributed by atoms with van der Waals surface area (Å²) in [6.07, 6.45) is 8.20. The summed E-state index contributed by atoms with van der Waals surface area (Å²) in [7, 11) is 0. The van der Waals surface area contributed by atoms with Crippen molar-refractivity contribution in [1.82, 2.24) is 10.3 Å². The third kappa shape index (κ3) is 6.11. The Balaban J connectivity index is 1.48. The predicted molar refractivity (Wildman–Crippen MR) is 119 cm³/mol. The quantitative estimate of drug-likeness (QED) is 0.298. The zero-order valence-electron chi connectivity index (χ0n) is 16.0. The smallest absolute Gasteiger partial charge is 0.244 e. The van der Waals surface area contributed by atoms with Crippen LogP contribution in [0.5, 0.6) is 0 Å². The highest BCUT2D eigenvalue weighted by molar-refractivity contribution is 7.17. The van der Waals surface area contributed by atoms with Gasteiger partial charge in [-0.2, -0.15) is 0 Å². The summed E-state index contributed by atoms with van der Waals surface area (Å²) in [4.78, 5) is 29.1. The molecule has 148 valence electrons. The van der Waals surface area contributed by atoms with Crippen molar-refractivity contribution in [2.75, 3.05) is 6.54 Å². The van der Waals surface area contributed by atoms with Crippen molar-refractivity contribution in [2.24, 2.45) is 0 Å². The van der Waals surface area contributed by atoms with Crippen LogP contribution in [0, 0.1) is 0 Å². The first-order valence-corrected chi connectivity index (χ1v) is 10.5. The van der Waals surface area contributed by atoms with Gasteiger partial charge in [0.25, 0.3) is 0 Å². The van der Waals surface area contributed by atoms with Crippen LogP contribution in [0.15, 0.2) is 60.9 Å². The standard InChI is InChI=1S/C23H21ClN2O2S/c1-16(27)21-9-10-22(29-21)19-8-7-18(20(24)14-19)5-3-13-26-23(28)11-6-17-4-2-12-25-15-17/h2,4,6-12,14-15H,3,5,13H2,1H3,(H,26,28)/b11-6+. The van der Waals surface area contributed by atoms with E-state index in [1.54, 1.807) is 25.4 Å². The van der Waals surface area contributed by atoms with E-state index in [1.165, 1.54) is 17.4 Å². The van der Waals surface area contributed by atoms with E-state index in [0.717, 1.165) is 39.3 Å². The summed E-state index contributed by atoms with van der Waals surface area (Å²) < 4.78 is 0. The van der Waals surface area contributed by atoms with Crippen molar-refractivity contribution < 1.29 is 9.59 Å². The lowest BCUT2D eigenvalue weighted by Crippen LogP contribution is -2.22. The van der Waals surface area contributed by atoms with Gasteiger partial charge in [0.05, 0.1) is 4.88 Å². The van der Waals surface area contributed by atoms with Crippen molar-refractivity contribution >= 4 is 40.7 Å². The molecule has 2 heterocycles. The molecule has 0 aliphatic heterocycles. The van der Waals surface area contributed by atoms with Crippen LogP contribution in [0.1, 0.15) is 34.1 Å².